The Balaban J connectivity index is 1.44. The van der Waals surface area contributed by atoms with E-state index in [-0.39, 0.29) is 18.3 Å². The minimum atomic E-state index is -4.57. The maximum Gasteiger partial charge on any atom is 0.449 e. The molecule has 0 aliphatic heterocycles. The number of pyridine rings is 1. The number of alkyl halides is 3. The molecule has 0 spiro atoms. The van der Waals surface area contributed by atoms with Gasteiger partial charge in [-0.2, -0.15) is 13.2 Å². The number of benzene rings is 3. The van der Waals surface area contributed by atoms with Crippen molar-refractivity contribution < 1.29 is 31.7 Å². The fourth-order valence-corrected chi connectivity index (χ4v) is 6.71. The fourth-order valence-electron chi connectivity index (χ4n) is 5.20. The van der Waals surface area contributed by atoms with Gasteiger partial charge in [0, 0.05) is 29.1 Å². The van der Waals surface area contributed by atoms with Crippen LogP contribution in [0.25, 0.3) is 22.0 Å². The first kappa shape index (κ1) is 30.2. The lowest BCUT2D eigenvalue weighted by molar-refractivity contribution is -0.153. The molecule has 1 atom stereocenters. The van der Waals surface area contributed by atoms with E-state index in [0.717, 1.165) is 39.2 Å². The molecule has 3 aromatic carbocycles. The van der Waals surface area contributed by atoms with Crippen LogP contribution in [0.4, 0.5) is 13.2 Å². The van der Waals surface area contributed by atoms with Gasteiger partial charge in [0.2, 0.25) is 5.76 Å². The van der Waals surface area contributed by atoms with Crippen molar-refractivity contribution in [3.63, 3.8) is 0 Å². The van der Waals surface area contributed by atoms with Gasteiger partial charge >= 0.3 is 12.1 Å². The molecule has 6 nitrogen and oxygen atoms in total. The number of aromatic nitrogens is 1. The Morgan fingerprint density at radius 1 is 0.953 bits per heavy atom. The molecule has 2 heterocycles. The molecule has 0 amide bonds. The van der Waals surface area contributed by atoms with Crippen molar-refractivity contribution >= 4 is 26.8 Å². The maximum atomic E-state index is 13.3. The highest BCUT2D eigenvalue weighted by atomic mass is 32.2. The molecule has 0 bridgehead atoms. The first-order valence-electron chi connectivity index (χ1n) is 13.6. The van der Waals surface area contributed by atoms with E-state index in [0.29, 0.717) is 11.4 Å². The third-order valence-electron chi connectivity index (χ3n) is 7.48. The highest BCUT2D eigenvalue weighted by Crippen LogP contribution is 2.34. The number of nitrogens with zero attached hydrogens (tertiary/aromatic N) is 2. The minimum absolute atomic E-state index is 0.146. The number of aliphatic carboxylic acids is 1. The van der Waals surface area contributed by atoms with Crippen molar-refractivity contribution in [2.75, 3.05) is 12.0 Å². The number of carbonyl (C=O) groups is 1. The molecular weight excluding hydrogens is 577 g/mol. The molecule has 0 fully saturated rings. The van der Waals surface area contributed by atoms with E-state index >= 15 is 0 Å². The minimum Gasteiger partial charge on any atom is -0.481 e. The zero-order valence-electron chi connectivity index (χ0n) is 23.6. The summed E-state index contributed by atoms with van der Waals surface area (Å²) in [5.74, 6) is -2.35. The summed E-state index contributed by atoms with van der Waals surface area (Å²) in [4.78, 5) is 18.2. The van der Waals surface area contributed by atoms with Gasteiger partial charge in [0.15, 0.2) is 0 Å². The van der Waals surface area contributed by atoms with Crippen LogP contribution in [0, 0.1) is 0 Å². The standard InChI is InChI=1S/C33H31F3N2O4S/c1-22(28-8-4-10-30-29(28)9-5-17-37-30)38(20-26-15-16-31(42-26)33(34,35)36)19-23-11-13-24(14-12-23)25-6-3-7-27(18-25)43(2,41)21-32(39)40/h3-18,22,43H,19-21H2,1-2H3,(H,39,40). The normalized spacial score (nSPS) is 13.3. The van der Waals surface area contributed by atoms with Gasteiger partial charge < -0.3 is 9.52 Å². The van der Waals surface area contributed by atoms with E-state index in [1.165, 1.54) is 12.3 Å². The van der Waals surface area contributed by atoms with Crippen LogP contribution in [-0.2, 0) is 34.0 Å². The number of hydrogen-bond acceptors (Lipinski definition) is 5. The predicted molar refractivity (Wildman–Crippen MR) is 161 cm³/mol. The maximum absolute atomic E-state index is 13.3. The zero-order valence-corrected chi connectivity index (χ0v) is 24.5. The second-order valence-electron chi connectivity index (χ2n) is 10.7. The van der Waals surface area contributed by atoms with Crippen LogP contribution in [0.5, 0.6) is 0 Å². The summed E-state index contributed by atoms with van der Waals surface area (Å²) >= 11 is 0. The number of fused-ring (bicyclic) bond motifs is 1. The molecule has 0 radical (unpaired) electrons. The second-order valence-corrected chi connectivity index (χ2v) is 13.7. The van der Waals surface area contributed by atoms with E-state index in [4.69, 9.17) is 9.52 Å². The van der Waals surface area contributed by atoms with Crippen molar-refractivity contribution in [2.45, 2.75) is 37.1 Å². The summed E-state index contributed by atoms with van der Waals surface area (Å²) in [6.07, 6.45) is -1.37. The van der Waals surface area contributed by atoms with Crippen LogP contribution in [0.3, 0.4) is 0 Å². The highest BCUT2D eigenvalue weighted by Gasteiger charge is 2.35. The molecule has 0 aliphatic rings. The number of furan rings is 1. The molecule has 10 heteroatoms. The van der Waals surface area contributed by atoms with Crippen molar-refractivity contribution in [3.05, 3.63) is 120 Å². The average Bonchev–Trinajstić information content (AvgIpc) is 3.45. The van der Waals surface area contributed by atoms with Crippen molar-refractivity contribution in [1.82, 2.24) is 9.88 Å². The Kier molecular flexibility index (Phi) is 8.52. The first-order chi connectivity index (χ1) is 20.4. The van der Waals surface area contributed by atoms with Gasteiger partial charge in [0.1, 0.15) is 11.5 Å². The fraction of sp³-hybridized carbons (Fsp3) is 0.212. The van der Waals surface area contributed by atoms with Crippen molar-refractivity contribution in [3.8, 4) is 11.1 Å². The Hall–Kier alpha value is -4.28. The summed E-state index contributed by atoms with van der Waals surface area (Å²) < 4.78 is 57.9. The Bertz CT molecular complexity index is 1800. The Morgan fingerprint density at radius 2 is 1.70 bits per heavy atom. The van der Waals surface area contributed by atoms with E-state index in [1.807, 2.05) is 67.6 Å². The van der Waals surface area contributed by atoms with Gasteiger partial charge in [-0.25, -0.2) is 0 Å². The lowest BCUT2D eigenvalue weighted by atomic mass is 9.99. The van der Waals surface area contributed by atoms with Gasteiger partial charge in [0.05, 0.1) is 12.1 Å². The number of carboxylic acids is 1. The molecule has 224 valence electrons. The van der Waals surface area contributed by atoms with Gasteiger partial charge in [0.25, 0.3) is 0 Å². The van der Waals surface area contributed by atoms with Crippen molar-refractivity contribution in [1.29, 1.82) is 0 Å². The van der Waals surface area contributed by atoms with E-state index < -0.39 is 33.6 Å². The number of hydrogen-bond donors (Lipinski definition) is 2. The summed E-state index contributed by atoms with van der Waals surface area (Å²) in [7, 11) is -3.07. The van der Waals surface area contributed by atoms with E-state index in [2.05, 4.69) is 9.88 Å². The van der Waals surface area contributed by atoms with Crippen LogP contribution in [0.15, 0.2) is 107 Å². The highest BCUT2D eigenvalue weighted by molar-refractivity contribution is 8.03. The lowest BCUT2D eigenvalue weighted by Gasteiger charge is -2.29. The molecule has 0 aliphatic carbocycles. The summed E-state index contributed by atoms with van der Waals surface area (Å²) in [6, 6.07) is 26.6. The van der Waals surface area contributed by atoms with Gasteiger partial charge in [-0.05, 0) is 71.8 Å². The van der Waals surface area contributed by atoms with Crippen LogP contribution >= 0.6 is 0 Å². The number of thiol groups is 1. The van der Waals surface area contributed by atoms with E-state index in [9.17, 15) is 22.2 Å². The lowest BCUT2D eigenvalue weighted by Crippen LogP contribution is -2.26. The molecule has 2 aromatic heterocycles. The largest absolute Gasteiger partial charge is 0.481 e. The third kappa shape index (κ3) is 7.03. The summed E-state index contributed by atoms with van der Waals surface area (Å²) in [6.45, 7) is 2.57. The van der Waals surface area contributed by atoms with E-state index in [1.54, 1.807) is 24.4 Å². The summed E-state index contributed by atoms with van der Waals surface area (Å²) in [5.41, 5.74) is 4.42. The molecule has 0 saturated heterocycles. The van der Waals surface area contributed by atoms with Gasteiger partial charge in [-0.1, -0.05) is 64.5 Å². The number of halogens is 3. The molecule has 5 rings (SSSR count). The number of carboxylic acid groups (broad SMARTS) is 1. The predicted octanol–water partition coefficient (Wildman–Crippen LogP) is 7.37. The molecule has 1 unspecified atom stereocenters. The first-order valence-corrected chi connectivity index (χ1v) is 16.0. The van der Waals surface area contributed by atoms with Crippen LogP contribution in [0.1, 0.15) is 35.6 Å². The quantitative estimate of drug-likeness (QED) is 0.161. The second kappa shape index (κ2) is 12.1. The SMILES string of the molecule is CC(c1cccc2ncccc12)N(Cc1ccc(-c2cccc([SH](C)(=O)CC(=O)O)c2)cc1)Cc1ccc(C(F)(F)F)o1. The zero-order chi connectivity index (χ0) is 30.8. The topological polar surface area (TPSA) is 83.6 Å². The molecule has 0 saturated carbocycles. The molecule has 5 aromatic rings. The third-order valence-corrected chi connectivity index (χ3v) is 9.72. The van der Waals surface area contributed by atoms with Crippen molar-refractivity contribution in [2.24, 2.45) is 0 Å². The van der Waals surface area contributed by atoms with Crippen LogP contribution in [-0.4, -0.2) is 37.2 Å². The number of rotatable bonds is 10. The van der Waals surface area contributed by atoms with Gasteiger partial charge in [-0.3, -0.25) is 18.9 Å². The van der Waals surface area contributed by atoms with Crippen LogP contribution in [0.2, 0.25) is 0 Å². The van der Waals surface area contributed by atoms with Gasteiger partial charge in [-0.15, -0.1) is 0 Å². The monoisotopic (exact) mass is 608 g/mol. The Morgan fingerprint density at radius 3 is 2.40 bits per heavy atom. The smallest absolute Gasteiger partial charge is 0.449 e. The molecule has 43 heavy (non-hydrogen) atoms. The van der Waals surface area contributed by atoms with Crippen LogP contribution < -0.4 is 0 Å². The average molecular weight is 609 g/mol. The Labute approximate surface area is 248 Å². The summed E-state index contributed by atoms with van der Waals surface area (Å²) in [5, 5.41) is 10.1. The molecule has 1 N–H and O–H groups in total. The molecular formula is C33H31F3N2O4S.